The van der Waals surface area contributed by atoms with Gasteiger partial charge in [0.1, 0.15) is 6.07 Å². The number of nitrogens with zero attached hydrogens (tertiary/aromatic N) is 3. The second kappa shape index (κ2) is 9.62. The SMILES string of the molecule is CCCCS(=O)(=O)N1CC[C@H](N(Cc2ccccc2)c2ccc(C#N)c(Cl)c2)C1. The van der Waals surface area contributed by atoms with Crippen LogP contribution < -0.4 is 4.90 Å². The molecule has 29 heavy (non-hydrogen) atoms. The van der Waals surface area contributed by atoms with E-state index in [4.69, 9.17) is 16.9 Å². The molecule has 0 aliphatic carbocycles. The van der Waals surface area contributed by atoms with E-state index in [2.05, 4.69) is 23.1 Å². The van der Waals surface area contributed by atoms with Crippen LogP contribution in [0.2, 0.25) is 5.02 Å². The van der Waals surface area contributed by atoms with Crippen molar-refractivity contribution in [2.75, 3.05) is 23.7 Å². The summed E-state index contributed by atoms with van der Waals surface area (Å²) < 4.78 is 26.9. The number of anilines is 1. The molecular weight excluding hydrogens is 406 g/mol. The van der Waals surface area contributed by atoms with E-state index in [-0.39, 0.29) is 11.8 Å². The maximum Gasteiger partial charge on any atom is 0.214 e. The molecule has 0 N–H and O–H groups in total. The number of halogens is 1. The monoisotopic (exact) mass is 431 g/mol. The third-order valence-electron chi connectivity index (χ3n) is 5.32. The van der Waals surface area contributed by atoms with Gasteiger partial charge in [-0.1, -0.05) is 55.3 Å². The Labute approximate surface area is 178 Å². The molecule has 1 heterocycles. The molecule has 0 unspecified atom stereocenters. The summed E-state index contributed by atoms with van der Waals surface area (Å²) in [5.74, 6) is 0.206. The highest BCUT2D eigenvalue weighted by atomic mass is 35.5. The first-order valence-corrected chi connectivity index (χ1v) is 11.9. The van der Waals surface area contributed by atoms with Gasteiger partial charge in [0.05, 0.1) is 16.3 Å². The van der Waals surface area contributed by atoms with Crippen molar-refractivity contribution in [2.45, 2.75) is 38.8 Å². The zero-order valence-corrected chi connectivity index (χ0v) is 18.2. The van der Waals surface area contributed by atoms with Gasteiger partial charge in [-0.25, -0.2) is 8.42 Å². The molecule has 2 aromatic carbocycles. The van der Waals surface area contributed by atoms with Gasteiger partial charge in [0, 0.05) is 31.4 Å². The summed E-state index contributed by atoms with van der Waals surface area (Å²) in [6.07, 6.45) is 2.30. The largest absolute Gasteiger partial charge is 0.363 e. The molecule has 1 fully saturated rings. The third-order valence-corrected chi connectivity index (χ3v) is 7.55. The van der Waals surface area contributed by atoms with Crippen LogP contribution in [0, 0.1) is 11.3 Å². The Kier molecular flexibility index (Phi) is 7.18. The molecule has 0 aromatic heterocycles. The van der Waals surface area contributed by atoms with E-state index >= 15 is 0 Å². The molecule has 5 nitrogen and oxygen atoms in total. The topological polar surface area (TPSA) is 64.4 Å². The first kappa shape index (κ1) is 21.6. The molecule has 3 rings (SSSR count). The Morgan fingerprint density at radius 2 is 2.00 bits per heavy atom. The zero-order valence-electron chi connectivity index (χ0n) is 16.6. The van der Waals surface area contributed by atoms with Crippen molar-refractivity contribution in [1.29, 1.82) is 5.26 Å². The predicted octanol–water partition coefficient (Wildman–Crippen LogP) is 4.42. The summed E-state index contributed by atoms with van der Waals surface area (Å²) in [5, 5.41) is 9.58. The highest BCUT2D eigenvalue weighted by molar-refractivity contribution is 7.89. The Bertz CT molecular complexity index is 973. The normalized spacial score (nSPS) is 17.2. The van der Waals surface area contributed by atoms with Gasteiger partial charge >= 0.3 is 0 Å². The lowest BCUT2D eigenvalue weighted by Crippen LogP contribution is -2.39. The number of benzene rings is 2. The van der Waals surface area contributed by atoms with Crippen LogP contribution >= 0.6 is 11.6 Å². The van der Waals surface area contributed by atoms with Crippen molar-refractivity contribution in [3.8, 4) is 6.07 Å². The fourth-order valence-corrected chi connectivity index (χ4v) is 5.57. The van der Waals surface area contributed by atoms with Crippen molar-refractivity contribution in [2.24, 2.45) is 0 Å². The van der Waals surface area contributed by atoms with Crippen LogP contribution in [0.15, 0.2) is 48.5 Å². The van der Waals surface area contributed by atoms with Gasteiger partial charge in [0.25, 0.3) is 0 Å². The standard InChI is InChI=1S/C22H26ClN3O2S/c1-2-3-13-29(27,28)25-12-11-21(17-25)26(16-18-7-5-4-6-8-18)20-10-9-19(15-24)22(23)14-20/h4-10,14,21H,2-3,11-13,16-17H2,1H3/t21-/m0/s1. The summed E-state index contributed by atoms with van der Waals surface area (Å²) in [7, 11) is -3.22. The Hall–Kier alpha value is -2.07. The van der Waals surface area contributed by atoms with E-state index < -0.39 is 10.0 Å². The number of rotatable bonds is 8. The van der Waals surface area contributed by atoms with E-state index in [0.717, 1.165) is 24.1 Å². The van der Waals surface area contributed by atoms with Gasteiger partial charge in [-0.05, 0) is 36.6 Å². The number of nitriles is 1. The van der Waals surface area contributed by atoms with Crippen molar-refractivity contribution in [1.82, 2.24) is 4.31 Å². The maximum absolute atomic E-state index is 12.6. The summed E-state index contributed by atoms with van der Waals surface area (Å²) in [5.41, 5.74) is 2.47. The molecule has 0 radical (unpaired) electrons. The van der Waals surface area contributed by atoms with Gasteiger partial charge < -0.3 is 4.90 Å². The van der Waals surface area contributed by atoms with Crippen LogP contribution in [0.5, 0.6) is 0 Å². The molecule has 0 bridgehead atoms. The summed E-state index contributed by atoms with van der Waals surface area (Å²) in [4.78, 5) is 2.21. The van der Waals surface area contributed by atoms with E-state index in [1.165, 1.54) is 0 Å². The summed E-state index contributed by atoms with van der Waals surface area (Å²) >= 11 is 6.29. The molecule has 1 saturated heterocycles. The van der Waals surface area contributed by atoms with Crippen LogP contribution in [0.3, 0.4) is 0 Å². The van der Waals surface area contributed by atoms with Crippen molar-refractivity contribution in [3.05, 3.63) is 64.7 Å². The first-order chi connectivity index (χ1) is 13.9. The number of hydrogen-bond donors (Lipinski definition) is 0. The van der Waals surface area contributed by atoms with E-state index in [1.807, 2.05) is 31.2 Å². The predicted molar refractivity (Wildman–Crippen MR) is 117 cm³/mol. The highest BCUT2D eigenvalue weighted by Crippen LogP contribution is 2.30. The minimum Gasteiger partial charge on any atom is -0.363 e. The van der Waals surface area contributed by atoms with Crippen molar-refractivity contribution in [3.63, 3.8) is 0 Å². The van der Waals surface area contributed by atoms with Crippen LogP contribution in [0.4, 0.5) is 5.69 Å². The average molecular weight is 432 g/mol. The Morgan fingerprint density at radius 3 is 2.66 bits per heavy atom. The number of hydrogen-bond acceptors (Lipinski definition) is 4. The quantitative estimate of drug-likeness (QED) is 0.620. The van der Waals surface area contributed by atoms with E-state index in [0.29, 0.717) is 36.6 Å². The van der Waals surface area contributed by atoms with Gasteiger partial charge in [0.2, 0.25) is 10.0 Å². The molecule has 0 amide bonds. The fraction of sp³-hybridized carbons (Fsp3) is 0.409. The average Bonchev–Trinajstić information content (AvgIpc) is 3.22. The molecular formula is C22H26ClN3O2S. The van der Waals surface area contributed by atoms with Crippen molar-refractivity contribution >= 4 is 27.3 Å². The lowest BCUT2D eigenvalue weighted by Gasteiger charge is -2.32. The van der Waals surface area contributed by atoms with Gasteiger partial charge in [-0.3, -0.25) is 0 Å². The molecule has 0 spiro atoms. The zero-order chi connectivity index (χ0) is 20.9. The minimum atomic E-state index is -3.22. The smallest absolute Gasteiger partial charge is 0.214 e. The molecule has 2 aromatic rings. The summed E-state index contributed by atoms with van der Waals surface area (Å²) in [6, 6.07) is 17.6. The Morgan fingerprint density at radius 1 is 1.24 bits per heavy atom. The molecule has 1 aliphatic heterocycles. The molecule has 154 valence electrons. The maximum atomic E-state index is 12.6. The molecule has 0 saturated carbocycles. The lowest BCUT2D eigenvalue weighted by atomic mass is 10.1. The first-order valence-electron chi connectivity index (χ1n) is 9.92. The van der Waals surface area contributed by atoms with Crippen LogP contribution in [0.25, 0.3) is 0 Å². The second-order valence-electron chi connectivity index (χ2n) is 7.36. The van der Waals surface area contributed by atoms with Gasteiger partial charge in [-0.2, -0.15) is 9.57 Å². The lowest BCUT2D eigenvalue weighted by molar-refractivity contribution is 0.466. The number of sulfonamides is 1. The second-order valence-corrected chi connectivity index (χ2v) is 9.86. The molecule has 7 heteroatoms. The van der Waals surface area contributed by atoms with Crippen molar-refractivity contribution < 1.29 is 8.42 Å². The van der Waals surface area contributed by atoms with Crippen LogP contribution in [-0.4, -0.2) is 37.6 Å². The van der Waals surface area contributed by atoms with Gasteiger partial charge in [0.15, 0.2) is 0 Å². The molecule has 1 aliphatic rings. The van der Waals surface area contributed by atoms with E-state index in [9.17, 15) is 8.42 Å². The molecule has 1 atom stereocenters. The Balaban J connectivity index is 1.86. The third kappa shape index (κ3) is 5.30. The van der Waals surface area contributed by atoms with E-state index in [1.54, 1.807) is 16.4 Å². The van der Waals surface area contributed by atoms with Gasteiger partial charge in [-0.15, -0.1) is 0 Å². The van der Waals surface area contributed by atoms with Crippen LogP contribution in [0.1, 0.15) is 37.3 Å². The number of unbranched alkanes of at least 4 members (excludes halogenated alkanes) is 1. The fourth-order valence-electron chi connectivity index (χ4n) is 3.66. The minimum absolute atomic E-state index is 0.0515. The summed E-state index contributed by atoms with van der Waals surface area (Å²) in [6.45, 7) is 3.65. The van der Waals surface area contributed by atoms with Crippen LogP contribution in [-0.2, 0) is 16.6 Å². The highest BCUT2D eigenvalue weighted by Gasteiger charge is 2.34.